The average molecular weight is 306 g/mol. The van der Waals surface area contributed by atoms with E-state index in [-0.39, 0.29) is 5.56 Å². The summed E-state index contributed by atoms with van der Waals surface area (Å²) in [5.74, 6) is 0. The van der Waals surface area contributed by atoms with Crippen LogP contribution < -0.4 is 0 Å². The Kier molecular flexibility index (Phi) is 3.90. The topological polar surface area (TPSA) is 110 Å². The summed E-state index contributed by atoms with van der Waals surface area (Å²) >= 11 is 0. The summed E-state index contributed by atoms with van der Waals surface area (Å²) in [6.45, 7) is -0.582. The smallest absolute Gasteiger partial charge is 0.191 e. The van der Waals surface area contributed by atoms with Gasteiger partial charge in [-0.3, -0.25) is 0 Å². The van der Waals surface area contributed by atoms with Crippen molar-refractivity contribution in [3.8, 4) is 0 Å². The van der Waals surface area contributed by atoms with Gasteiger partial charge in [0.1, 0.15) is 18.3 Å². The van der Waals surface area contributed by atoms with Crippen molar-refractivity contribution in [2.24, 2.45) is 0 Å². The van der Waals surface area contributed by atoms with Crippen molar-refractivity contribution in [1.82, 2.24) is 0 Å². The molecule has 0 amide bonds. The Balaban J connectivity index is 2.15. The third kappa shape index (κ3) is 2.13. The first-order valence-electron chi connectivity index (χ1n) is 7.01. The monoisotopic (exact) mass is 306 g/mol. The third-order valence-electron chi connectivity index (χ3n) is 4.24. The highest BCUT2D eigenvalue weighted by molar-refractivity contribution is 5.86. The lowest BCUT2D eigenvalue weighted by molar-refractivity contribution is -0.334. The van der Waals surface area contributed by atoms with E-state index in [0.29, 0.717) is 5.39 Å². The van der Waals surface area contributed by atoms with Crippen LogP contribution in [0.4, 0.5) is 0 Å². The highest BCUT2D eigenvalue weighted by Crippen LogP contribution is 2.40. The van der Waals surface area contributed by atoms with Gasteiger partial charge >= 0.3 is 0 Å². The van der Waals surface area contributed by atoms with E-state index in [1.54, 1.807) is 24.3 Å². The van der Waals surface area contributed by atoms with Crippen LogP contribution in [-0.4, -0.2) is 56.7 Å². The van der Waals surface area contributed by atoms with Crippen molar-refractivity contribution in [1.29, 1.82) is 0 Å². The Hall–Kier alpha value is -1.54. The highest BCUT2D eigenvalue weighted by Gasteiger charge is 2.55. The van der Waals surface area contributed by atoms with Gasteiger partial charge in [-0.1, -0.05) is 42.5 Å². The molecule has 1 heterocycles. The minimum absolute atomic E-state index is 0.251. The molecule has 6 nitrogen and oxygen atoms in total. The predicted octanol–water partition coefficient (Wildman–Crippen LogP) is -0.541. The number of rotatable bonds is 2. The van der Waals surface area contributed by atoms with Gasteiger partial charge < -0.3 is 30.3 Å². The van der Waals surface area contributed by atoms with Crippen LogP contribution in [0.1, 0.15) is 5.56 Å². The maximum atomic E-state index is 10.9. The van der Waals surface area contributed by atoms with Crippen molar-refractivity contribution >= 4 is 10.8 Å². The molecule has 0 bridgehead atoms. The van der Waals surface area contributed by atoms with E-state index < -0.39 is 36.8 Å². The molecular formula is C16H18O6. The lowest BCUT2D eigenvalue weighted by Gasteiger charge is -2.46. The number of ether oxygens (including phenoxy) is 1. The highest BCUT2D eigenvalue weighted by atomic mass is 16.6. The Morgan fingerprint density at radius 3 is 2.41 bits per heavy atom. The standard InChI is InChI=1S/C16H18O6/c17-8-12-13(18)14(19)16(21,15(20)22-12)11-7-3-5-9-4-1-2-6-10(9)11/h1-7,12-15,17-21H,8H2/t12-,13-,14+,15?,16-/m1/s1. The molecule has 1 unspecified atom stereocenters. The van der Waals surface area contributed by atoms with Crippen LogP contribution in [0.3, 0.4) is 0 Å². The van der Waals surface area contributed by atoms with Gasteiger partial charge in [-0.05, 0) is 16.3 Å². The molecular weight excluding hydrogens is 288 g/mol. The van der Waals surface area contributed by atoms with Crippen LogP contribution >= 0.6 is 0 Å². The summed E-state index contributed by atoms with van der Waals surface area (Å²) < 4.78 is 5.08. The molecule has 3 rings (SSSR count). The Morgan fingerprint density at radius 1 is 1.00 bits per heavy atom. The summed E-state index contributed by atoms with van der Waals surface area (Å²) in [5, 5.41) is 52.0. The SMILES string of the molecule is OC[C@H]1OC(O)[C@@](O)(c2cccc3ccccc23)[C@@H](O)[C@@H]1O. The van der Waals surface area contributed by atoms with Crippen LogP contribution in [-0.2, 0) is 10.3 Å². The van der Waals surface area contributed by atoms with Gasteiger partial charge in [0.15, 0.2) is 11.9 Å². The van der Waals surface area contributed by atoms with Crippen molar-refractivity contribution in [3.63, 3.8) is 0 Å². The summed E-state index contributed by atoms with van der Waals surface area (Å²) in [4.78, 5) is 0. The van der Waals surface area contributed by atoms with Gasteiger partial charge in [0, 0.05) is 0 Å². The second kappa shape index (κ2) is 5.58. The normalized spacial score (nSPS) is 35.7. The van der Waals surface area contributed by atoms with E-state index in [1.807, 2.05) is 18.2 Å². The van der Waals surface area contributed by atoms with Gasteiger partial charge in [0.25, 0.3) is 0 Å². The van der Waals surface area contributed by atoms with Gasteiger partial charge in [-0.25, -0.2) is 0 Å². The molecule has 2 aromatic carbocycles. The zero-order chi connectivity index (χ0) is 15.9. The minimum atomic E-state index is -2.20. The molecule has 1 aliphatic heterocycles. The molecule has 0 aliphatic carbocycles. The van der Waals surface area contributed by atoms with E-state index in [9.17, 15) is 20.4 Å². The molecule has 1 fully saturated rings. The van der Waals surface area contributed by atoms with Crippen molar-refractivity contribution in [2.45, 2.75) is 30.2 Å². The quantitative estimate of drug-likeness (QED) is 0.510. The molecule has 0 aromatic heterocycles. The second-order valence-corrected chi connectivity index (χ2v) is 5.50. The van der Waals surface area contributed by atoms with Crippen LogP contribution in [0, 0.1) is 0 Å². The van der Waals surface area contributed by atoms with E-state index in [1.165, 1.54) is 0 Å². The van der Waals surface area contributed by atoms with Gasteiger partial charge in [-0.15, -0.1) is 0 Å². The van der Waals surface area contributed by atoms with E-state index >= 15 is 0 Å². The number of hydrogen-bond donors (Lipinski definition) is 5. The fourth-order valence-corrected chi connectivity index (χ4v) is 2.98. The van der Waals surface area contributed by atoms with Gasteiger partial charge in [0.05, 0.1) is 6.61 Å². The average Bonchev–Trinajstić information content (AvgIpc) is 2.55. The summed E-state index contributed by atoms with van der Waals surface area (Å²) in [7, 11) is 0. The molecule has 5 atom stereocenters. The Labute approximate surface area is 126 Å². The molecule has 1 saturated heterocycles. The minimum Gasteiger partial charge on any atom is -0.394 e. The molecule has 118 valence electrons. The molecule has 0 spiro atoms. The fourth-order valence-electron chi connectivity index (χ4n) is 2.98. The first-order chi connectivity index (χ1) is 10.5. The first-order valence-corrected chi connectivity index (χ1v) is 7.01. The Morgan fingerprint density at radius 2 is 1.68 bits per heavy atom. The van der Waals surface area contributed by atoms with Gasteiger partial charge in [-0.2, -0.15) is 0 Å². The van der Waals surface area contributed by atoms with E-state index in [2.05, 4.69) is 0 Å². The van der Waals surface area contributed by atoms with Crippen LogP contribution in [0.5, 0.6) is 0 Å². The zero-order valence-corrected chi connectivity index (χ0v) is 11.7. The molecule has 0 radical (unpaired) electrons. The second-order valence-electron chi connectivity index (χ2n) is 5.50. The number of aliphatic hydroxyl groups excluding tert-OH is 4. The summed E-state index contributed by atoms with van der Waals surface area (Å²) in [6.07, 6.45) is -6.19. The number of hydrogen-bond acceptors (Lipinski definition) is 6. The first kappa shape index (κ1) is 15.4. The van der Waals surface area contributed by atoms with Crippen molar-refractivity contribution < 1.29 is 30.3 Å². The van der Waals surface area contributed by atoms with E-state index in [0.717, 1.165) is 5.39 Å². The lowest BCUT2D eigenvalue weighted by atomic mass is 9.79. The molecule has 22 heavy (non-hydrogen) atoms. The number of fused-ring (bicyclic) bond motifs is 1. The summed E-state index contributed by atoms with van der Waals surface area (Å²) in [5.41, 5.74) is -1.95. The van der Waals surface area contributed by atoms with Crippen LogP contribution in [0.15, 0.2) is 42.5 Å². The van der Waals surface area contributed by atoms with Crippen LogP contribution in [0.25, 0.3) is 10.8 Å². The lowest BCUT2D eigenvalue weighted by Crippen LogP contribution is -2.64. The van der Waals surface area contributed by atoms with E-state index in [4.69, 9.17) is 9.84 Å². The maximum absolute atomic E-state index is 10.9. The largest absolute Gasteiger partial charge is 0.394 e. The fraction of sp³-hybridized carbons (Fsp3) is 0.375. The number of aliphatic hydroxyl groups is 5. The van der Waals surface area contributed by atoms with Gasteiger partial charge in [0.2, 0.25) is 0 Å². The van der Waals surface area contributed by atoms with Crippen molar-refractivity contribution in [2.75, 3.05) is 6.61 Å². The molecule has 6 heteroatoms. The van der Waals surface area contributed by atoms with Crippen molar-refractivity contribution in [3.05, 3.63) is 48.0 Å². The summed E-state index contributed by atoms with van der Waals surface area (Å²) in [6, 6.07) is 12.2. The van der Waals surface area contributed by atoms with Crippen LogP contribution in [0.2, 0.25) is 0 Å². The number of benzene rings is 2. The Bertz CT molecular complexity index is 669. The third-order valence-corrected chi connectivity index (χ3v) is 4.24. The molecule has 2 aromatic rings. The zero-order valence-electron chi connectivity index (χ0n) is 11.7. The predicted molar refractivity (Wildman–Crippen MR) is 77.8 cm³/mol. The maximum Gasteiger partial charge on any atom is 0.191 e. The molecule has 1 aliphatic rings. The molecule has 5 N–H and O–H groups in total. The molecule has 0 saturated carbocycles.